The zero-order valence-corrected chi connectivity index (χ0v) is 17.3. The second kappa shape index (κ2) is 8.75. The van der Waals surface area contributed by atoms with Crippen molar-refractivity contribution in [2.45, 2.75) is 13.8 Å². The van der Waals surface area contributed by atoms with Crippen molar-refractivity contribution < 1.29 is 14.3 Å². The number of ketones is 1. The molecule has 1 aromatic heterocycles. The van der Waals surface area contributed by atoms with E-state index in [1.807, 2.05) is 68.4 Å². The predicted molar refractivity (Wildman–Crippen MR) is 117 cm³/mol. The van der Waals surface area contributed by atoms with Gasteiger partial charge in [-0.2, -0.15) is 0 Å². The molecule has 31 heavy (non-hydrogen) atoms. The summed E-state index contributed by atoms with van der Waals surface area (Å²) in [7, 11) is 0. The summed E-state index contributed by atoms with van der Waals surface area (Å²) >= 11 is 0. The van der Waals surface area contributed by atoms with Crippen LogP contribution in [0.1, 0.15) is 32.1 Å². The molecule has 0 aliphatic rings. The van der Waals surface area contributed by atoms with Crippen molar-refractivity contribution in [3.8, 4) is 17.1 Å². The van der Waals surface area contributed by atoms with Crippen molar-refractivity contribution in [2.24, 2.45) is 0 Å². The number of esters is 1. The number of aromatic nitrogens is 3. The number of carbonyl (C=O) groups excluding carboxylic acids is 2. The predicted octanol–water partition coefficient (Wildman–Crippen LogP) is 4.59. The number of ether oxygens (including phenoxy) is 1. The molecule has 4 rings (SSSR count). The van der Waals surface area contributed by atoms with Crippen LogP contribution in [-0.2, 0) is 4.74 Å². The van der Waals surface area contributed by atoms with Crippen molar-refractivity contribution >= 4 is 11.8 Å². The van der Waals surface area contributed by atoms with Crippen molar-refractivity contribution in [3.05, 3.63) is 101 Å². The summed E-state index contributed by atoms with van der Waals surface area (Å²) < 4.78 is 6.85. The van der Waals surface area contributed by atoms with Crippen molar-refractivity contribution in [1.82, 2.24) is 14.8 Å². The molecule has 6 heteroatoms. The molecule has 0 aliphatic heterocycles. The van der Waals surface area contributed by atoms with Gasteiger partial charge in [0.05, 0.1) is 5.69 Å². The van der Waals surface area contributed by atoms with Crippen molar-refractivity contribution in [3.63, 3.8) is 0 Å². The second-order valence-electron chi connectivity index (χ2n) is 7.19. The van der Waals surface area contributed by atoms with Gasteiger partial charge in [0.25, 0.3) is 5.82 Å². The minimum Gasteiger partial charge on any atom is -0.451 e. The molecule has 0 saturated carbocycles. The van der Waals surface area contributed by atoms with E-state index in [9.17, 15) is 9.59 Å². The van der Waals surface area contributed by atoms with Crippen LogP contribution in [0, 0.1) is 13.8 Å². The van der Waals surface area contributed by atoms with Gasteiger partial charge < -0.3 is 4.74 Å². The molecular weight excluding hydrogens is 390 g/mol. The summed E-state index contributed by atoms with van der Waals surface area (Å²) in [5.41, 5.74) is 4.24. The van der Waals surface area contributed by atoms with E-state index in [2.05, 4.69) is 10.1 Å². The zero-order chi connectivity index (χ0) is 21.8. The number of Topliss-reactive ketones (excluding diaryl/α,β-unsaturated/α-hetero) is 1. The number of rotatable bonds is 6. The molecule has 6 nitrogen and oxygen atoms in total. The minimum absolute atomic E-state index is 0.0975. The summed E-state index contributed by atoms with van der Waals surface area (Å²) in [6.07, 6.45) is 0. The van der Waals surface area contributed by atoms with E-state index in [-0.39, 0.29) is 18.2 Å². The van der Waals surface area contributed by atoms with E-state index in [4.69, 9.17) is 4.74 Å². The molecule has 0 bridgehead atoms. The number of carbonyl (C=O) groups is 2. The third kappa shape index (κ3) is 4.43. The number of hydrogen-bond acceptors (Lipinski definition) is 5. The van der Waals surface area contributed by atoms with Crippen LogP contribution in [0.2, 0.25) is 0 Å². The Morgan fingerprint density at radius 1 is 0.903 bits per heavy atom. The Labute approximate surface area is 180 Å². The number of aryl methyl sites for hydroxylation is 2. The Hall–Kier alpha value is -4.06. The van der Waals surface area contributed by atoms with E-state index in [1.165, 1.54) is 0 Å². The minimum atomic E-state index is -0.745. The fraction of sp³-hybridized carbons (Fsp3) is 0.120. The summed E-state index contributed by atoms with van der Waals surface area (Å²) in [6.45, 7) is 3.62. The van der Waals surface area contributed by atoms with Crippen LogP contribution in [0.5, 0.6) is 0 Å². The van der Waals surface area contributed by atoms with E-state index in [0.717, 1.165) is 22.4 Å². The number of hydrogen-bond donors (Lipinski definition) is 0. The first kappa shape index (κ1) is 20.2. The van der Waals surface area contributed by atoms with Crippen molar-refractivity contribution in [2.75, 3.05) is 6.61 Å². The third-order valence-electron chi connectivity index (χ3n) is 4.83. The van der Waals surface area contributed by atoms with Crippen LogP contribution in [0.25, 0.3) is 17.1 Å². The normalized spacial score (nSPS) is 10.6. The number of nitrogens with zero attached hydrogens (tertiary/aromatic N) is 3. The van der Waals surface area contributed by atoms with Gasteiger partial charge in [0.2, 0.25) is 0 Å². The molecule has 1 heterocycles. The molecule has 0 amide bonds. The van der Waals surface area contributed by atoms with Gasteiger partial charge in [-0.15, -0.1) is 5.10 Å². The lowest BCUT2D eigenvalue weighted by Gasteiger charge is -2.09. The van der Waals surface area contributed by atoms with Gasteiger partial charge in [-0.3, -0.25) is 4.79 Å². The highest BCUT2D eigenvalue weighted by atomic mass is 16.5. The maximum absolute atomic E-state index is 12.6. The first-order valence-corrected chi connectivity index (χ1v) is 9.88. The summed E-state index contributed by atoms with van der Waals surface area (Å²) in [4.78, 5) is 29.3. The molecule has 0 N–H and O–H groups in total. The quantitative estimate of drug-likeness (QED) is 0.343. The lowest BCUT2D eigenvalue weighted by Crippen LogP contribution is -2.15. The van der Waals surface area contributed by atoms with Gasteiger partial charge in [-0.05, 0) is 25.5 Å². The molecule has 4 aromatic rings. The maximum Gasteiger partial charge on any atom is 0.378 e. The Bertz CT molecular complexity index is 1230. The van der Waals surface area contributed by atoms with Gasteiger partial charge in [-0.1, -0.05) is 78.4 Å². The topological polar surface area (TPSA) is 74.1 Å². The van der Waals surface area contributed by atoms with E-state index >= 15 is 0 Å². The van der Waals surface area contributed by atoms with E-state index < -0.39 is 5.97 Å². The Kier molecular flexibility index (Phi) is 5.71. The van der Waals surface area contributed by atoms with Crippen LogP contribution in [0.4, 0.5) is 0 Å². The molecule has 0 spiro atoms. The molecule has 0 fully saturated rings. The molecule has 0 unspecified atom stereocenters. The molecular formula is C25H21N3O3. The summed E-state index contributed by atoms with van der Waals surface area (Å²) in [6, 6.07) is 24.2. The zero-order valence-electron chi connectivity index (χ0n) is 17.3. The number of benzene rings is 3. The second-order valence-corrected chi connectivity index (χ2v) is 7.19. The highest BCUT2D eigenvalue weighted by Gasteiger charge is 2.21. The molecule has 0 atom stereocenters. The highest BCUT2D eigenvalue weighted by Crippen LogP contribution is 2.24. The monoisotopic (exact) mass is 411 g/mol. The van der Waals surface area contributed by atoms with Gasteiger partial charge >= 0.3 is 5.97 Å². The lowest BCUT2D eigenvalue weighted by molar-refractivity contribution is 0.0462. The standard InChI is InChI=1S/C25H21N3O3/c1-17-13-14-21(18(2)15-17)28-24(20-11-7-4-8-12-20)26-23(27-28)25(30)31-16-22(29)19-9-5-3-6-10-19/h3-15H,16H2,1-2H3. The van der Waals surface area contributed by atoms with Gasteiger partial charge in [0, 0.05) is 11.1 Å². The average Bonchev–Trinajstić information content (AvgIpc) is 3.23. The average molecular weight is 411 g/mol. The van der Waals surface area contributed by atoms with Crippen molar-refractivity contribution in [1.29, 1.82) is 0 Å². The Balaban J connectivity index is 1.65. The smallest absolute Gasteiger partial charge is 0.378 e. The van der Waals surface area contributed by atoms with Crippen LogP contribution in [0.15, 0.2) is 78.9 Å². The summed E-state index contributed by atoms with van der Waals surface area (Å²) in [5, 5.41) is 4.42. The first-order chi connectivity index (χ1) is 15.0. The maximum atomic E-state index is 12.6. The summed E-state index contributed by atoms with van der Waals surface area (Å²) in [5.74, 6) is -0.607. The molecule has 154 valence electrons. The van der Waals surface area contributed by atoms with E-state index in [1.54, 1.807) is 28.9 Å². The Morgan fingerprint density at radius 2 is 1.58 bits per heavy atom. The first-order valence-electron chi connectivity index (χ1n) is 9.88. The molecule has 0 saturated heterocycles. The third-order valence-corrected chi connectivity index (χ3v) is 4.83. The lowest BCUT2D eigenvalue weighted by atomic mass is 10.1. The molecule has 0 radical (unpaired) electrons. The van der Waals surface area contributed by atoms with Crippen LogP contribution >= 0.6 is 0 Å². The van der Waals surface area contributed by atoms with Gasteiger partial charge in [0.1, 0.15) is 0 Å². The van der Waals surface area contributed by atoms with E-state index in [0.29, 0.717) is 11.4 Å². The molecule has 0 aliphatic carbocycles. The van der Waals surface area contributed by atoms with Gasteiger partial charge in [-0.25, -0.2) is 14.5 Å². The largest absolute Gasteiger partial charge is 0.451 e. The fourth-order valence-electron chi connectivity index (χ4n) is 3.29. The SMILES string of the molecule is Cc1ccc(-n2nc(C(=O)OCC(=O)c3ccccc3)nc2-c2ccccc2)c(C)c1. The molecule has 3 aromatic carbocycles. The Morgan fingerprint density at radius 3 is 2.26 bits per heavy atom. The fourth-order valence-corrected chi connectivity index (χ4v) is 3.29. The highest BCUT2D eigenvalue weighted by molar-refractivity contribution is 5.98. The van der Waals surface area contributed by atoms with Crippen LogP contribution in [-0.4, -0.2) is 33.1 Å². The van der Waals surface area contributed by atoms with Crippen LogP contribution in [0.3, 0.4) is 0 Å². The van der Waals surface area contributed by atoms with Gasteiger partial charge in [0.15, 0.2) is 18.2 Å². The van der Waals surface area contributed by atoms with Crippen LogP contribution < -0.4 is 0 Å².